The van der Waals surface area contributed by atoms with Gasteiger partial charge in [-0.3, -0.25) is 0 Å². The quantitative estimate of drug-likeness (QED) is 0.487. The van der Waals surface area contributed by atoms with Crippen LogP contribution in [0.25, 0.3) is 16.9 Å². The first-order chi connectivity index (χ1) is 9.25. The molecule has 0 radical (unpaired) electrons. The molecule has 0 saturated carbocycles. The zero-order valence-electron chi connectivity index (χ0n) is 11.2. The van der Waals surface area contributed by atoms with E-state index in [0.29, 0.717) is 0 Å². The summed E-state index contributed by atoms with van der Waals surface area (Å²) < 4.78 is 4.07. The van der Waals surface area contributed by atoms with Gasteiger partial charge < -0.3 is 9.13 Å². The number of para-hydroxylation sites is 1. The second kappa shape index (κ2) is 4.73. The smallest absolute Gasteiger partial charge is 0.243 e. The predicted octanol–water partition coefficient (Wildman–Crippen LogP) is 3.08. The van der Waals surface area contributed by atoms with Crippen molar-refractivity contribution in [2.24, 2.45) is 7.05 Å². The van der Waals surface area contributed by atoms with E-state index in [4.69, 9.17) is 0 Å². The van der Waals surface area contributed by atoms with Crippen LogP contribution in [0.5, 0.6) is 0 Å². The van der Waals surface area contributed by atoms with E-state index >= 15 is 0 Å². The molecule has 2 heteroatoms. The maximum Gasteiger partial charge on any atom is 0.243 e. The molecule has 2 aromatic carbocycles. The topological polar surface area (TPSA) is 8.81 Å². The molecule has 0 aliphatic carbocycles. The van der Waals surface area contributed by atoms with Crippen molar-refractivity contribution in [3.63, 3.8) is 0 Å². The number of aryl methyl sites for hydroxylation is 2. The first-order valence-electron chi connectivity index (χ1n) is 6.38. The van der Waals surface area contributed by atoms with Crippen molar-refractivity contribution in [2.45, 2.75) is 6.92 Å². The Bertz CT molecular complexity index is 696. The van der Waals surface area contributed by atoms with Gasteiger partial charge in [0.2, 0.25) is 6.33 Å². The number of imidazole rings is 1. The minimum Gasteiger partial charge on any atom is -0.325 e. The maximum absolute atomic E-state index is 3.32. The number of aromatic nitrogens is 2. The van der Waals surface area contributed by atoms with Gasteiger partial charge in [0, 0.05) is 6.20 Å². The van der Waals surface area contributed by atoms with Crippen LogP contribution in [0.4, 0.5) is 0 Å². The highest BCUT2D eigenvalue weighted by molar-refractivity contribution is 5.60. The molecule has 0 spiro atoms. The number of hydrogen-bond acceptors (Lipinski definition) is 0. The fraction of sp³-hybridized carbons (Fsp3) is 0.118. The van der Waals surface area contributed by atoms with Gasteiger partial charge in [0.1, 0.15) is 0 Å². The summed E-state index contributed by atoms with van der Waals surface area (Å²) in [6.45, 7) is 2.13. The Balaban J connectivity index is 2.11. The van der Waals surface area contributed by atoms with E-state index in [2.05, 4.69) is 55.8 Å². The third-order valence-electron chi connectivity index (χ3n) is 3.33. The largest absolute Gasteiger partial charge is 0.325 e. The molecule has 0 aliphatic rings. The van der Waals surface area contributed by atoms with Gasteiger partial charge in [0.15, 0.2) is 0 Å². The van der Waals surface area contributed by atoms with Gasteiger partial charge in [0.25, 0.3) is 0 Å². The standard InChI is InChI=1S/C17H16N2/c1-14-8-6-7-11-16(14)17-12-19(13-18(17)2)15-9-4-3-5-10-15/h3-12H,1-2H3. The molecule has 0 bridgehead atoms. The molecule has 3 aromatic rings. The molecule has 0 atom stereocenters. The van der Waals surface area contributed by atoms with Crippen molar-refractivity contribution < 1.29 is 4.57 Å². The summed E-state index contributed by atoms with van der Waals surface area (Å²) in [4.78, 5) is 0. The van der Waals surface area contributed by atoms with E-state index in [1.54, 1.807) is 0 Å². The molecule has 19 heavy (non-hydrogen) atoms. The Morgan fingerprint density at radius 1 is 0.947 bits per heavy atom. The van der Waals surface area contributed by atoms with Crippen LogP contribution in [-0.4, -0.2) is 4.57 Å². The molecule has 3 rings (SSSR count). The summed E-state index contributed by atoms with van der Waals surface area (Å²) in [6, 6.07) is 18.7. The summed E-state index contributed by atoms with van der Waals surface area (Å²) in [6.07, 6.45) is 5.44. The molecule has 0 unspecified atom stereocenters. The second-order valence-electron chi connectivity index (χ2n) is 4.69. The molecule has 0 amide bonds. The lowest BCUT2D eigenvalue weighted by molar-refractivity contribution is -0.664. The lowest BCUT2D eigenvalue weighted by atomic mass is 10.1. The highest BCUT2D eigenvalue weighted by Gasteiger charge is 2.07. The van der Waals surface area contributed by atoms with Crippen molar-refractivity contribution in [3.05, 3.63) is 72.7 Å². The van der Waals surface area contributed by atoms with Crippen LogP contribution in [0, 0.1) is 13.3 Å². The fourth-order valence-electron chi connectivity index (χ4n) is 2.28. The molecule has 0 saturated heterocycles. The minimum absolute atomic E-state index is 1.12. The van der Waals surface area contributed by atoms with Crippen LogP contribution in [0.2, 0.25) is 0 Å². The van der Waals surface area contributed by atoms with Crippen molar-refractivity contribution in [2.75, 3.05) is 0 Å². The molecular formula is C17H16N2. The molecule has 1 heterocycles. The fourth-order valence-corrected chi connectivity index (χ4v) is 2.28. The van der Waals surface area contributed by atoms with E-state index in [-0.39, 0.29) is 0 Å². The van der Waals surface area contributed by atoms with Crippen LogP contribution in [0.3, 0.4) is 0 Å². The van der Waals surface area contributed by atoms with Crippen LogP contribution in [-0.2, 0) is 7.05 Å². The van der Waals surface area contributed by atoms with Gasteiger partial charge in [-0.25, -0.2) is 0 Å². The molecular weight excluding hydrogens is 232 g/mol. The predicted molar refractivity (Wildman–Crippen MR) is 76.0 cm³/mol. The third-order valence-corrected chi connectivity index (χ3v) is 3.33. The summed E-state index contributed by atoms with van der Waals surface area (Å²) in [7, 11) is 2.03. The molecule has 94 valence electrons. The van der Waals surface area contributed by atoms with E-state index in [1.807, 2.05) is 34.4 Å². The van der Waals surface area contributed by atoms with Crippen LogP contribution >= 0.6 is 0 Å². The van der Waals surface area contributed by atoms with Crippen molar-refractivity contribution >= 4 is 0 Å². The zero-order valence-corrected chi connectivity index (χ0v) is 11.2. The van der Waals surface area contributed by atoms with Crippen molar-refractivity contribution in [3.8, 4) is 16.9 Å². The lowest BCUT2D eigenvalue weighted by Crippen LogP contribution is -2.28. The minimum atomic E-state index is 1.12. The van der Waals surface area contributed by atoms with Crippen LogP contribution in [0.15, 0.2) is 60.8 Å². The number of nitrogens with zero attached hydrogens (tertiary/aromatic N) is 2. The Hall–Kier alpha value is -2.35. The first kappa shape index (κ1) is 11.7. The average molecular weight is 248 g/mol. The summed E-state index contributed by atoms with van der Waals surface area (Å²) >= 11 is 0. The highest BCUT2D eigenvalue weighted by atomic mass is 15.1. The first-order valence-corrected chi connectivity index (χ1v) is 6.38. The number of benzene rings is 2. The molecule has 0 fully saturated rings. The van der Waals surface area contributed by atoms with E-state index in [1.165, 1.54) is 16.8 Å². The van der Waals surface area contributed by atoms with Crippen molar-refractivity contribution in [1.82, 2.24) is 4.57 Å². The Morgan fingerprint density at radius 2 is 1.63 bits per heavy atom. The van der Waals surface area contributed by atoms with Gasteiger partial charge >= 0.3 is 0 Å². The second-order valence-corrected chi connectivity index (χ2v) is 4.69. The third kappa shape index (κ3) is 2.17. The highest BCUT2D eigenvalue weighted by Crippen LogP contribution is 2.20. The van der Waals surface area contributed by atoms with Gasteiger partial charge in [-0.15, -0.1) is 0 Å². The van der Waals surface area contributed by atoms with Crippen LogP contribution < -0.4 is 4.57 Å². The Morgan fingerprint density at radius 3 is 2.37 bits per heavy atom. The summed E-state index contributed by atoms with van der Waals surface area (Å²) in [5, 5.41) is 0. The SMILES string of the molecule is Cc1ccccc1-c1cn(-c2ccccc2)[c-][n+]1C. The van der Waals surface area contributed by atoms with Gasteiger partial charge in [0.05, 0.1) is 18.4 Å². The molecule has 2 nitrogen and oxygen atoms in total. The summed E-state index contributed by atoms with van der Waals surface area (Å²) in [5.41, 5.74) is 4.81. The number of rotatable bonds is 2. The van der Waals surface area contributed by atoms with Gasteiger partial charge in [-0.1, -0.05) is 54.6 Å². The monoisotopic (exact) mass is 248 g/mol. The molecule has 0 aliphatic heterocycles. The van der Waals surface area contributed by atoms with E-state index in [9.17, 15) is 0 Å². The van der Waals surface area contributed by atoms with Gasteiger partial charge in [-0.2, -0.15) is 0 Å². The maximum atomic E-state index is 3.32. The Labute approximate surface area is 113 Å². The van der Waals surface area contributed by atoms with Crippen LogP contribution in [0.1, 0.15) is 5.56 Å². The molecule has 0 N–H and O–H groups in total. The zero-order chi connectivity index (χ0) is 13.2. The van der Waals surface area contributed by atoms with Gasteiger partial charge in [-0.05, 0) is 18.1 Å². The summed E-state index contributed by atoms with van der Waals surface area (Å²) in [5.74, 6) is 0. The lowest BCUT2D eigenvalue weighted by Gasteiger charge is -2.05. The van der Waals surface area contributed by atoms with E-state index in [0.717, 1.165) is 5.69 Å². The van der Waals surface area contributed by atoms with E-state index < -0.39 is 0 Å². The Kier molecular flexibility index (Phi) is 2.92. The average Bonchev–Trinajstić information content (AvgIpc) is 2.82. The van der Waals surface area contributed by atoms with Crippen molar-refractivity contribution in [1.29, 1.82) is 0 Å². The normalized spacial score (nSPS) is 10.6. The number of hydrogen-bond donors (Lipinski definition) is 0. The molecule has 1 aromatic heterocycles.